The van der Waals surface area contributed by atoms with E-state index in [2.05, 4.69) is 25.6 Å². The molecule has 0 N–H and O–H groups in total. The van der Waals surface area contributed by atoms with Crippen LogP contribution in [-0.2, 0) is 0 Å². The Labute approximate surface area is 122 Å². The van der Waals surface area contributed by atoms with Gasteiger partial charge in [-0.15, -0.1) is 0 Å². The molecule has 0 bridgehead atoms. The molecule has 0 heterocycles. The molecule has 110 valence electrons. The lowest BCUT2D eigenvalue weighted by molar-refractivity contribution is 0.149. The molecule has 0 radical (unpaired) electrons. The number of hydrogen-bond acceptors (Lipinski definition) is 3. The molecule has 1 aromatic carbocycles. The average Bonchev–Trinajstić information content (AvgIpc) is 3.26. The molecule has 3 heteroatoms. The van der Waals surface area contributed by atoms with Gasteiger partial charge < -0.3 is 14.4 Å². The minimum atomic E-state index is 0.297. The van der Waals surface area contributed by atoms with Crippen LogP contribution in [0.2, 0.25) is 0 Å². The summed E-state index contributed by atoms with van der Waals surface area (Å²) in [7, 11) is 4.20. The molecule has 0 spiro atoms. The molecule has 0 aromatic heterocycles. The molecule has 0 aliphatic heterocycles. The Morgan fingerprint density at radius 3 is 2.60 bits per heavy atom. The van der Waals surface area contributed by atoms with E-state index in [0.717, 1.165) is 24.5 Å². The van der Waals surface area contributed by atoms with Gasteiger partial charge in [-0.25, -0.2) is 0 Å². The van der Waals surface area contributed by atoms with Crippen LogP contribution in [-0.4, -0.2) is 38.3 Å². The Hall–Kier alpha value is -1.48. The van der Waals surface area contributed by atoms with Crippen molar-refractivity contribution < 1.29 is 9.47 Å². The molecule has 1 fully saturated rings. The molecule has 0 saturated heterocycles. The van der Waals surface area contributed by atoms with Gasteiger partial charge in [-0.05, 0) is 51.4 Å². The summed E-state index contributed by atoms with van der Waals surface area (Å²) in [6, 6.07) is 7.90. The minimum Gasteiger partial charge on any atom is -0.486 e. The number of nitrogens with zero attached hydrogens (tertiary/aromatic N) is 1. The highest BCUT2D eigenvalue weighted by Gasteiger charge is 2.33. The fourth-order valence-corrected chi connectivity index (χ4v) is 2.22. The van der Waals surface area contributed by atoms with Crippen molar-refractivity contribution in [1.29, 1.82) is 0 Å². The molecular formula is C17H25NO2. The SMILES string of the molecule is C=CCOc1ccccc1OC(CCN(C)C)C1CC1. The fourth-order valence-electron chi connectivity index (χ4n) is 2.22. The lowest BCUT2D eigenvalue weighted by atomic mass is 10.1. The molecule has 1 aliphatic rings. The Bertz CT molecular complexity index is 427. The van der Waals surface area contributed by atoms with Crippen molar-refractivity contribution in [1.82, 2.24) is 4.90 Å². The van der Waals surface area contributed by atoms with Crippen molar-refractivity contribution in [2.75, 3.05) is 27.2 Å². The van der Waals surface area contributed by atoms with Gasteiger partial charge >= 0.3 is 0 Å². The molecule has 1 unspecified atom stereocenters. The average molecular weight is 275 g/mol. The van der Waals surface area contributed by atoms with Crippen LogP contribution in [0.1, 0.15) is 19.3 Å². The van der Waals surface area contributed by atoms with Crippen molar-refractivity contribution in [3.63, 3.8) is 0 Å². The number of rotatable bonds is 9. The Morgan fingerprint density at radius 1 is 1.30 bits per heavy atom. The van der Waals surface area contributed by atoms with Crippen molar-refractivity contribution in [3.8, 4) is 11.5 Å². The van der Waals surface area contributed by atoms with Gasteiger partial charge in [0, 0.05) is 6.54 Å². The van der Waals surface area contributed by atoms with Crippen LogP contribution in [0.15, 0.2) is 36.9 Å². The molecule has 1 aromatic rings. The maximum atomic E-state index is 6.23. The van der Waals surface area contributed by atoms with Gasteiger partial charge in [0.25, 0.3) is 0 Å². The standard InChI is InChI=1S/C17H25NO2/c1-4-13-19-16-7-5-6-8-17(16)20-15(14-9-10-14)11-12-18(2)3/h4-8,14-15H,1,9-13H2,2-3H3. The second-order valence-electron chi connectivity index (χ2n) is 5.63. The predicted molar refractivity (Wildman–Crippen MR) is 82.4 cm³/mol. The van der Waals surface area contributed by atoms with E-state index in [1.54, 1.807) is 6.08 Å². The minimum absolute atomic E-state index is 0.297. The first kappa shape index (κ1) is 14.9. The molecule has 20 heavy (non-hydrogen) atoms. The Kier molecular flexibility index (Phi) is 5.48. The third-order valence-corrected chi connectivity index (χ3v) is 3.49. The van der Waals surface area contributed by atoms with Crippen LogP contribution in [0, 0.1) is 5.92 Å². The summed E-state index contributed by atoms with van der Waals surface area (Å²) in [4.78, 5) is 2.21. The predicted octanol–water partition coefficient (Wildman–Crippen LogP) is 3.36. The summed E-state index contributed by atoms with van der Waals surface area (Å²) in [5, 5.41) is 0. The van der Waals surface area contributed by atoms with Crippen LogP contribution in [0.25, 0.3) is 0 Å². The summed E-state index contributed by atoms with van der Waals surface area (Å²) in [6.45, 7) is 5.24. The largest absolute Gasteiger partial charge is 0.486 e. The third-order valence-electron chi connectivity index (χ3n) is 3.49. The van der Waals surface area contributed by atoms with Crippen molar-refractivity contribution in [3.05, 3.63) is 36.9 Å². The zero-order valence-corrected chi connectivity index (χ0v) is 12.5. The van der Waals surface area contributed by atoms with Gasteiger partial charge in [0.05, 0.1) is 0 Å². The Morgan fingerprint density at radius 2 is 2.00 bits per heavy atom. The van der Waals surface area contributed by atoms with Crippen LogP contribution in [0.4, 0.5) is 0 Å². The molecule has 3 nitrogen and oxygen atoms in total. The molecular weight excluding hydrogens is 250 g/mol. The van der Waals surface area contributed by atoms with Gasteiger partial charge in [0.2, 0.25) is 0 Å². The topological polar surface area (TPSA) is 21.7 Å². The molecule has 2 rings (SSSR count). The second kappa shape index (κ2) is 7.34. The highest BCUT2D eigenvalue weighted by atomic mass is 16.5. The van der Waals surface area contributed by atoms with Gasteiger partial charge in [-0.2, -0.15) is 0 Å². The van der Waals surface area contributed by atoms with Crippen molar-refractivity contribution >= 4 is 0 Å². The normalized spacial score (nSPS) is 15.9. The van der Waals surface area contributed by atoms with E-state index in [4.69, 9.17) is 9.47 Å². The second-order valence-corrected chi connectivity index (χ2v) is 5.63. The highest BCUT2D eigenvalue weighted by molar-refractivity contribution is 5.39. The third kappa shape index (κ3) is 4.57. The van der Waals surface area contributed by atoms with Gasteiger partial charge in [0.15, 0.2) is 11.5 Å². The maximum absolute atomic E-state index is 6.23. The van der Waals surface area contributed by atoms with E-state index >= 15 is 0 Å². The first-order chi connectivity index (χ1) is 9.70. The summed E-state index contributed by atoms with van der Waals surface area (Å²) in [5.41, 5.74) is 0. The molecule has 1 atom stereocenters. The zero-order valence-electron chi connectivity index (χ0n) is 12.5. The monoisotopic (exact) mass is 275 g/mol. The van der Waals surface area contributed by atoms with Gasteiger partial charge in [-0.3, -0.25) is 0 Å². The number of ether oxygens (including phenoxy) is 2. The van der Waals surface area contributed by atoms with E-state index < -0.39 is 0 Å². The van der Waals surface area contributed by atoms with E-state index in [1.165, 1.54) is 12.8 Å². The van der Waals surface area contributed by atoms with E-state index in [-0.39, 0.29) is 0 Å². The quantitative estimate of drug-likeness (QED) is 0.645. The van der Waals surface area contributed by atoms with Gasteiger partial charge in [-0.1, -0.05) is 24.8 Å². The maximum Gasteiger partial charge on any atom is 0.161 e. The number of benzene rings is 1. The highest BCUT2D eigenvalue weighted by Crippen LogP contribution is 2.38. The number of hydrogen-bond donors (Lipinski definition) is 0. The summed E-state index contributed by atoms with van der Waals surface area (Å²) in [6.07, 6.45) is 5.68. The molecule has 0 amide bonds. The van der Waals surface area contributed by atoms with Crippen LogP contribution in [0.5, 0.6) is 11.5 Å². The van der Waals surface area contributed by atoms with Crippen LogP contribution in [0.3, 0.4) is 0 Å². The van der Waals surface area contributed by atoms with Crippen molar-refractivity contribution in [2.24, 2.45) is 5.92 Å². The zero-order chi connectivity index (χ0) is 14.4. The Balaban J connectivity index is 2.00. The summed E-state index contributed by atoms with van der Waals surface area (Å²) in [5.74, 6) is 2.37. The summed E-state index contributed by atoms with van der Waals surface area (Å²) >= 11 is 0. The van der Waals surface area contributed by atoms with Crippen LogP contribution < -0.4 is 9.47 Å². The number of para-hydroxylation sites is 2. The van der Waals surface area contributed by atoms with E-state index in [9.17, 15) is 0 Å². The lowest BCUT2D eigenvalue weighted by Crippen LogP contribution is -2.25. The van der Waals surface area contributed by atoms with E-state index in [0.29, 0.717) is 18.6 Å². The lowest BCUT2D eigenvalue weighted by Gasteiger charge is -2.22. The first-order valence-corrected chi connectivity index (χ1v) is 7.35. The van der Waals surface area contributed by atoms with E-state index in [1.807, 2.05) is 24.3 Å². The van der Waals surface area contributed by atoms with Crippen LogP contribution >= 0.6 is 0 Å². The smallest absolute Gasteiger partial charge is 0.161 e. The molecule has 1 saturated carbocycles. The molecule has 1 aliphatic carbocycles. The van der Waals surface area contributed by atoms with Gasteiger partial charge in [0.1, 0.15) is 12.7 Å². The van der Waals surface area contributed by atoms with Crippen molar-refractivity contribution in [2.45, 2.75) is 25.4 Å². The summed E-state index contributed by atoms with van der Waals surface area (Å²) < 4.78 is 11.9. The first-order valence-electron chi connectivity index (χ1n) is 7.35. The fraction of sp³-hybridized carbons (Fsp3) is 0.529.